The van der Waals surface area contributed by atoms with E-state index in [0.29, 0.717) is 28.9 Å². The quantitative estimate of drug-likeness (QED) is 0.775. The van der Waals surface area contributed by atoms with Crippen LogP contribution >= 0.6 is 22.9 Å². The molecule has 0 aliphatic carbocycles. The van der Waals surface area contributed by atoms with Gasteiger partial charge in [-0.3, -0.25) is 0 Å². The summed E-state index contributed by atoms with van der Waals surface area (Å²) in [5, 5.41) is 0.670. The Morgan fingerprint density at radius 2 is 2.00 bits per heavy atom. The molecule has 0 N–H and O–H groups in total. The van der Waals surface area contributed by atoms with Crippen molar-refractivity contribution < 1.29 is 13.2 Å². The van der Waals surface area contributed by atoms with Crippen molar-refractivity contribution >= 4 is 33.0 Å². The molecule has 1 aliphatic heterocycles. The molecule has 7 heteroatoms. The van der Waals surface area contributed by atoms with Gasteiger partial charge in [-0.1, -0.05) is 11.6 Å². The molecule has 2 aromatic rings. The van der Waals surface area contributed by atoms with E-state index in [2.05, 4.69) is 0 Å². The molecule has 4 nitrogen and oxygen atoms in total. The SMILES string of the molecule is Cc1ccc(S(=O)(=O)N2CCCC(COc3ccc(Cl)cc3)C2)s1. The summed E-state index contributed by atoms with van der Waals surface area (Å²) in [6.07, 6.45) is 1.83. The molecule has 130 valence electrons. The molecule has 0 bridgehead atoms. The normalized spacial score (nSPS) is 19.3. The first-order valence-electron chi connectivity index (χ1n) is 7.90. The zero-order valence-electron chi connectivity index (χ0n) is 13.4. The maximum absolute atomic E-state index is 12.7. The molecule has 0 radical (unpaired) electrons. The van der Waals surface area contributed by atoms with Crippen molar-refractivity contribution in [3.63, 3.8) is 0 Å². The summed E-state index contributed by atoms with van der Waals surface area (Å²) in [7, 11) is -3.38. The lowest BCUT2D eigenvalue weighted by molar-refractivity contribution is 0.180. The maximum Gasteiger partial charge on any atom is 0.252 e. The number of halogens is 1. The highest BCUT2D eigenvalue weighted by atomic mass is 35.5. The van der Waals surface area contributed by atoms with Gasteiger partial charge < -0.3 is 4.74 Å². The van der Waals surface area contributed by atoms with Gasteiger partial charge in [0, 0.05) is 28.9 Å². The summed E-state index contributed by atoms with van der Waals surface area (Å²) in [6, 6.07) is 10.8. The van der Waals surface area contributed by atoms with E-state index >= 15 is 0 Å². The Balaban J connectivity index is 1.62. The lowest BCUT2D eigenvalue weighted by Gasteiger charge is -2.31. The topological polar surface area (TPSA) is 46.6 Å². The van der Waals surface area contributed by atoms with Gasteiger partial charge in [0.1, 0.15) is 9.96 Å². The Bertz CT molecular complexity index is 786. The number of rotatable bonds is 5. The van der Waals surface area contributed by atoms with Gasteiger partial charge in [0.05, 0.1) is 6.61 Å². The molecule has 0 spiro atoms. The van der Waals surface area contributed by atoms with E-state index in [1.54, 1.807) is 22.5 Å². The van der Waals surface area contributed by atoms with Crippen LogP contribution in [0.15, 0.2) is 40.6 Å². The average molecular weight is 386 g/mol. The molecule has 1 aromatic carbocycles. The Labute approximate surface area is 152 Å². The molecule has 1 aromatic heterocycles. The fourth-order valence-corrected chi connectivity index (χ4v) is 5.92. The summed E-state index contributed by atoms with van der Waals surface area (Å²) in [5.41, 5.74) is 0. The first-order chi connectivity index (χ1) is 11.4. The molecule has 3 rings (SSSR count). The van der Waals surface area contributed by atoms with Gasteiger partial charge in [0.25, 0.3) is 10.0 Å². The van der Waals surface area contributed by atoms with Crippen LogP contribution in [-0.4, -0.2) is 32.4 Å². The molecule has 0 amide bonds. The van der Waals surface area contributed by atoms with Gasteiger partial charge in [-0.05, 0) is 56.2 Å². The number of thiophene rings is 1. The van der Waals surface area contributed by atoms with Crippen molar-refractivity contribution in [1.29, 1.82) is 0 Å². The minimum absolute atomic E-state index is 0.199. The monoisotopic (exact) mass is 385 g/mol. The fourth-order valence-electron chi connectivity index (χ4n) is 2.80. The third kappa shape index (κ3) is 4.11. The molecular weight excluding hydrogens is 366 g/mol. The standard InChI is InChI=1S/C17H20ClNO3S2/c1-13-4-9-17(23-13)24(20,21)19-10-2-3-14(11-19)12-22-16-7-5-15(18)6-8-16/h4-9,14H,2-3,10-12H2,1H3. The second-order valence-electron chi connectivity index (χ2n) is 6.00. The van der Waals surface area contributed by atoms with Crippen molar-refractivity contribution in [2.75, 3.05) is 19.7 Å². The molecular formula is C17H20ClNO3S2. The van der Waals surface area contributed by atoms with E-state index in [1.165, 1.54) is 11.3 Å². The van der Waals surface area contributed by atoms with E-state index in [9.17, 15) is 8.42 Å². The summed E-state index contributed by atoms with van der Waals surface area (Å²) in [5.74, 6) is 0.957. The van der Waals surface area contributed by atoms with Crippen molar-refractivity contribution in [3.8, 4) is 5.75 Å². The Hall–Kier alpha value is -1.08. The highest BCUT2D eigenvalue weighted by Crippen LogP contribution is 2.28. The highest BCUT2D eigenvalue weighted by Gasteiger charge is 2.31. The van der Waals surface area contributed by atoms with Gasteiger partial charge in [0.15, 0.2) is 0 Å². The molecule has 0 saturated carbocycles. The minimum atomic E-state index is -3.38. The molecule has 1 unspecified atom stereocenters. The number of nitrogens with zero attached hydrogens (tertiary/aromatic N) is 1. The largest absolute Gasteiger partial charge is 0.493 e. The number of piperidine rings is 1. The average Bonchev–Trinajstić information content (AvgIpc) is 3.02. The lowest BCUT2D eigenvalue weighted by Crippen LogP contribution is -2.41. The second-order valence-corrected chi connectivity index (χ2v) is 9.89. The number of aryl methyl sites for hydroxylation is 1. The summed E-state index contributed by atoms with van der Waals surface area (Å²) >= 11 is 7.19. The second kappa shape index (κ2) is 7.44. The Morgan fingerprint density at radius 3 is 2.67 bits per heavy atom. The van der Waals surface area contributed by atoms with E-state index < -0.39 is 10.0 Å². The fraction of sp³-hybridized carbons (Fsp3) is 0.412. The van der Waals surface area contributed by atoms with Crippen LogP contribution in [0.4, 0.5) is 0 Å². The summed E-state index contributed by atoms with van der Waals surface area (Å²) in [6.45, 7) is 3.52. The first-order valence-corrected chi connectivity index (χ1v) is 10.5. The van der Waals surface area contributed by atoms with Crippen LogP contribution in [0.2, 0.25) is 5.02 Å². The smallest absolute Gasteiger partial charge is 0.252 e. The lowest BCUT2D eigenvalue weighted by atomic mass is 10.0. The molecule has 1 aliphatic rings. The molecule has 1 fully saturated rings. The van der Waals surface area contributed by atoms with Crippen molar-refractivity contribution in [3.05, 3.63) is 46.3 Å². The molecule has 1 atom stereocenters. The van der Waals surface area contributed by atoms with Gasteiger partial charge in [-0.25, -0.2) is 8.42 Å². The predicted molar refractivity (Wildman–Crippen MR) is 97.5 cm³/mol. The van der Waals surface area contributed by atoms with E-state index in [-0.39, 0.29) is 5.92 Å². The minimum Gasteiger partial charge on any atom is -0.493 e. The molecule has 2 heterocycles. The van der Waals surface area contributed by atoms with Gasteiger partial charge in [-0.15, -0.1) is 11.3 Å². The maximum atomic E-state index is 12.7. The first kappa shape index (κ1) is 17.7. The highest BCUT2D eigenvalue weighted by molar-refractivity contribution is 7.91. The molecule has 1 saturated heterocycles. The van der Waals surface area contributed by atoms with Crippen LogP contribution in [-0.2, 0) is 10.0 Å². The number of sulfonamides is 1. The van der Waals surface area contributed by atoms with Crippen LogP contribution < -0.4 is 4.74 Å². The van der Waals surface area contributed by atoms with Crippen molar-refractivity contribution in [1.82, 2.24) is 4.31 Å². The third-order valence-corrected chi connectivity index (χ3v) is 7.68. The van der Waals surface area contributed by atoms with Crippen LogP contribution in [0, 0.1) is 12.8 Å². The summed E-state index contributed by atoms with van der Waals surface area (Å²) < 4.78 is 33.3. The number of hydrogen-bond acceptors (Lipinski definition) is 4. The number of ether oxygens (including phenoxy) is 1. The van der Waals surface area contributed by atoms with Crippen LogP contribution in [0.5, 0.6) is 5.75 Å². The van der Waals surface area contributed by atoms with E-state index in [1.807, 2.05) is 25.1 Å². The predicted octanol–water partition coefficient (Wildman–Crippen LogP) is 4.19. The molecule has 24 heavy (non-hydrogen) atoms. The van der Waals surface area contributed by atoms with Gasteiger partial charge >= 0.3 is 0 Å². The van der Waals surface area contributed by atoms with Gasteiger partial charge in [0.2, 0.25) is 0 Å². The van der Waals surface area contributed by atoms with Crippen molar-refractivity contribution in [2.45, 2.75) is 24.0 Å². The van der Waals surface area contributed by atoms with Crippen LogP contribution in [0.25, 0.3) is 0 Å². The number of benzene rings is 1. The summed E-state index contributed by atoms with van der Waals surface area (Å²) in [4.78, 5) is 1.01. The Kier molecular flexibility index (Phi) is 5.49. The van der Waals surface area contributed by atoms with Crippen molar-refractivity contribution in [2.24, 2.45) is 5.92 Å². The third-order valence-electron chi connectivity index (χ3n) is 4.09. The van der Waals surface area contributed by atoms with E-state index in [0.717, 1.165) is 23.5 Å². The van der Waals surface area contributed by atoms with E-state index in [4.69, 9.17) is 16.3 Å². The van der Waals surface area contributed by atoms with Crippen LogP contribution in [0.1, 0.15) is 17.7 Å². The number of hydrogen-bond donors (Lipinski definition) is 0. The Morgan fingerprint density at radius 1 is 1.25 bits per heavy atom. The zero-order chi connectivity index (χ0) is 17.2. The van der Waals surface area contributed by atoms with Crippen LogP contribution in [0.3, 0.4) is 0 Å². The zero-order valence-corrected chi connectivity index (χ0v) is 15.8. The van der Waals surface area contributed by atoms with Gasteiger partial charge in [-0.2, -0.15) is 4.31 Å².